The molecule has 0 bridgehead atoms. The number of hydrogen-bond donors (Lipinski definition) is 2. The van der Waals surface area contributed by atoms with Crippen LogP contribution in [0.15, 0.2) is 17.5 Å². The molecule has 0 aliphatic heterocycles. The molecule has 0 fully saturated rings. The molecule has 1 heterocycles. The van der Waals surface area contributed by atoms with Crippen LogP contribution < -0.4 is 10.6 Å². The Bertz CT molecular complexity index is 371. The second-order valence-corrected chi connectivity index (χ2v) is 6.49. The Morgan fingerprint density at radius 3 is 2.74 bits per heavy atom. The van der Waals surface area contributed by atoms with E-state index in [9.17, 15) is 4.79 Å². The Balaban J connectivity index is 2.27. The van der Waals surface area contributed by atoms with Gasteiger partial charge in [0, 0.05) is 24.0 Å². The number of hydrogen-bond acceptors (Lipinski definition) is 4. The molecule has 5 heteroatoms. The van der Waals surface area contributed by atoms with Crippen molar-refractivity contribution in [2.24, 2.45) is 0 Å². The summed E-state index contributed by atoms with van der Waals surface area (Å²) in [7, 11) is 0. The SMILES string of the molecule is CCC(CNCc1cccs1)NC(=O)OC(C)(C)C. The van der Waals surface area contributed by atoms with Gasteiger partial charge in [0.15, 0.2) is 0 Å². The molecule has 1 amide bonds. The summed E-state index contributed by atoms with van der Waals surface area (Å²) in [6.45, 7) is 9.22. The van der Waals surface area contributed by atoms with Crippen LogP contribution in [0.3, 0.4) is 0 Å². The monoisotopic (exact) mass is 284 g/mol. The lowest BCUT2D eigenvalue weighted by atomic mass is 10.2. The third kappa shape index (κ3) is 7.18. The van der Waals surface area contributed by atoms with Gasteiger partial charge >= 0.3 is 6.09 Å². The summed E-state index contributed by atoms with van der Waals surface area (Å²) in [6.07, 6.45) is 0.522. The topological polar surface area (TPSA) is 50.4 Å². The first-order valence-electron chi connectivity index (χ1n) is 6.63. The van der Waals surface area contributed by atoms with E-state index < -0.39 is 5.60 Å². The van der Waals surface area contributed by atoms with Gasteiger partial charge < -0.3 is 15.4 Å². The van der Waals surface area contributed by atoms with Gasteiger partial charge in [-0.25, -0.2) is 4.79 Å². The molecule has 0 aromatic carbocycles. The zero-order valence-electron chi connectivity index (χ0n) is 12.2. The van der Waals surface area contributed by atoms with Crippen molar-refractivity contribution in [3.63, 3.8) is 0 Å². The lowest BCUT2D eigenvalue weighted by molar-refractivity contribution is 0.0502. The lowest BCUT2D eigenvalue weighted by Crippen LogP contribution is -2.43. The lowest BCUT2D eigenvalue weighted by Gasteiger charge is -2.23. The molecule has 0 saturated heterocycles. The maximum atomic E-state index is 11.7. The van der Waals surface area contributed by atoms with Crippen molar-refractivity contribution >= 4 is 17.4 Å². The molecule has 2 N–H and O–H groups in total. The van der Waals surface area contributed by atoms with Gasteiger partial charge in [0.25, 0.3) is 0 Å². The highest BCUT2D eigenvalue weighted by molar-refractivity contribution is 7.09. The normalized spacial score (nSPS) is 13.1. The number of carbonyl (C=O) groups is 1. The fourth-order valence-electron chi connectivity index (χ4n) is 1.55. The number of thiophene rings is 1. The zero-order valence-corrected chi connectivity index (χ0v) is 13.0. The molecular weight excluding hydrogens is 260 g/mol. The molecule has 1 atom stereocenters. The number of nitrogens with one attached hydrogen (secondary N) is 2. The average molecular weight is 284 g/mol. The molecule has 19 heavy (non-hydrogen) atoms. The molecule has 0 aliphatic carbocycles. The quantitative estimate of drug-likeness (QED) is 0.843. The predicted molar refractivity (Wildman–Crippen MR) is 79.5 cm³/mol. The largest absolute Gasteiger partial charge is 0.444 e. The molecule has 1 rings (SSSR count). The van der Waals surface area contributed by atoms with E-state index in [1.807, 2.05) is 26.8 Å². The van der Waals surface area contributed by atoms with Gasteiger partial charge in [0.1, 0.15) is 5.60 Å². The van der Waals surface area contributed by atoms with Crippen molar-refractivity contribution < 1.29 is 9.53 Å². The molecular formula is C14H24N2O2S. The van der Waals surface area contributed by atoms with Crippen LogP contribution in [-0.2, 0) is 11.3 Å². The van der Waals surface area contributed by atoms with Crippen LogP contribution in [0.5, 0.6) is 0 Å². The number of alkyl carbamates (subject to hydrolysis) is 1. The van der Waals surface area contributed by atoms with E-state index in [2.05, 4.69) is 29.0 Å². The standard InChI is InChI=1S/C14H24N2O2S/c1-5-11(16-13(17)18-14(2,3)4)9-15-10-12-7-6-8-19-12/h6-8,11,15H,5,9-10H2,1-4H3,(H,16,17). The van der Waals surface area contributed by atoms with Crippen molar-refractivity contribution in [3.05, 3.63) is 22.4 Å². The minimum atomic E-state index is -0.452. The third-order valence-corrected chi connectivity index (χ3v) is 3.36. The fourth-order valence-corrected chi connectivity index (χ4v) is 2.23. The average Bonchev–Trinajstić information content (AvgIpc) is 2.78. The highest BCUT2D eigenvalue weighted by Crippen LogP contribution is 2.08. The van der Waals surface area contributed by atoms with E-state index in [4.69, 9.17) is 4.74 Å². The molecule has 1 unspecified atom stereocenters. The molecule has 1 aromatic heterocycles. The summed E-state index contributed by atoms with van der Waals surface area (Å²) in [6, 6.07) is 4.23. The van der Waals surface area contributed by atoms with Gasteiger partial charge in [-0.15, -0.1) is 11.3 Å². The van der Waals surface area contributed by atoms with Crippen LogP contribution >= 0.6 is 11.3 Å². The second kappa shape index (κ2) is 7.50. The van der Waals surface area contributed by atoms with Gasteiger partial charge in [0.05, 0.1) is 0 Å². The van der Waals surface area contributed by atoms with Crippen LogP contribution in [0, 0.1) is 0 Å². The van der Waals surface area contributed by atoms with Crippen LogP contribution in [0.2, 0.25) is 0 Å². The van der Waals surface area contributed by atoms with E-state index in [1.165, 1.54) is 4.88 Å². The molecule has 108 valence electrons. The van der Waals surface area contributed by atoms with Crippen molar-refractivity contribution in [1.82, 2.24) is 10.6 Å². The number of rotatable bonds is 6. The van der Waals surface area contributed by atoms with Crippen molar-refractivity contribution in [3.8, 4) is 0 Å². The van der Waals surface area contributed by atoms with E-state index in [0.717, 1.165) is 19.5 Å². The first-order chi connectivity index (χ1) is 8.90. The summed E-state index contributed by atoms with van der Waals surface area (Å²) >= 11 is 1.73. The highest BCUT2D eigenvalue weighted by atomic mass is 32.1. The third-order valence-electron chi connectivity index (χ3n) is 2.48. The van der Waals surface area contributed by atoms with Gasteiger partial charge in [0.2, 0.25) is 0 Å². The van der Waals surface area contributed by atoms with E-state index in [1.54, 1.807) is 11.3 Å². The molecule has 0 radical (unpaired) electrons. The Kier molecular flexibility index (Phi) is 6.31. The van der Waals surface area contributed by atoms with Crippen molar-refractivity contribution in [2.75, 3.05) is 6.54 Å². The molecule has 1 aromatic rings. The van der Waals surface area contributed by atoms with Gasteiger partial charge in [-0.1, -0.05) is 13.0 Å². The molecule has 4 nitrogen and oxygen atoms in total. The minimum Gasteiger partial charge on any atom is -0.444 e. The van der Waals surface area contributed by atoms with Crippen LogP contribution in [0.4, 0.5) is 4.79 Å². The Morgan fingerprint density at radius 2 is 2.21 bits per heavy atom. The van der Waals surface area contributed by atoms with Crippen LogP contribution in [-0.4, -0.2) is 24.3 Å². The molecule has 0 spiro atoms. The smallest absolute Gasteiger partial charge is 0.407 e. The maximum absolute atomic E-state index is 11.7. The Hall–Kier alpha value is -1.07. The zero-order chi connectivity index (χ0) is 14.3. The predicted octanol–water partition coefficient (Wildman–Crippen LogP) is 3.14. The van der Waals surface area contributed by atoms with Gasteiger partial charge in [-0.2, -0.15) is 0 Å². The number of amides is 1. The minimum absolute atomic E-state index is 0.0924. The Morgan fingerprint density at radius 1 is 1.47 bits per heavy atom. The highest BCUT2D eigenvalue weighted by Gasteiger charge is 2.18. The maximum Gasteiger partial charge on any atom is 0.407 e. The Labute approximate surface area is 119 Å². The van der Waals surface area contributed by atoms with Gasteiger partial charge in [-0.3, -0.25) is 0 Å². The molecule has 0 saturated carbocycles. The van der Waals surface area contributed by atoms with Crippen LogP contribution in [0.25, 0.3) is 0 Å². The van der Waals surface area contributed by atoms with E-state index in [-0.39, 0.29) is 12.1 Å². The first kappa shape index (κ1) is 16.0. The van der Waals surface area contributed by atoms with Gasteiger partial charge in [-0.05, 0) is 38.6 Å². The van der Waals surface area contributed by atoms with E-state index in [0.29, 0.717) is 0 Å². The van der Waals surface area contributed by atoms with E-state index >= 15 is 0 Å². The summed E-state index contributed by atoms with van der Waals surface area (Å²) < 4.78 is 5.25. The van der Waals surface area contributed by atoms with Crippen molar-refractivity contribution in [1.29, 1.82) is 0 Å². The second-order valence-electron chi connectivity index (χ2n) is 5.46. The summed E-state index contributed by atoms with van der Waals surface area (Å²) in [5.74, 6) is 0. The summed E-state index contributed by atoms with van der Waals surface area (Å²) in [5, 5.41) is 8.29. The first-order valence-corrected chi connectivity index (χ1v) is 7.51. The fraction of sp³-hybridized carbons (Fsp3) is 0.643. The summed E-state index contributed by atoms with van der Waals surface area (Å²) in [5.41, 5.74) is -0.452. The number of carbonyl (C=O) groups excluding carboxylic acids is 1. The molecule has 0 aliphatic rings. The summed E-state index contributed by atoms with van der Waals surface area (Å²) in [4.78, 5) is 13.0. The van der Waals surface area contributed by atoms with Crippen LogP contribution in [0.1, 0.15) is 39.0 Å². The van der Waals surface area contributed by atoms with Crippen molar-refractivity contribution in [2.45, 2.75) is 52.3 Å². The number of ether oxygens (including phenoxy) is 1.